The molecule has 0 saturated carbocycles. The number of aromatic nitrogens is 3. The first-order chi connectivity index (χ1) is 13.0. The summed E-state index contributed by atoms with van der Waals surface area (Å²) in [7, 11) is 0. The molecule has 1 aromatic carbocycles. The van der Waals surface area contributed by atoms with E-state index in [1.165, 1.54) is 12.1 Å². The number of primary amides is 1. The topological polar surface area (TPSA) is 130 Å². The molecule has 0 bridgehead atoms. The van der Waals surface area contributed by atoms with Gasteiger partial charge in [-0.05, 0) is 13.0 Å². The zero-order valence-electron chi connectivity index (χ0n) is 14.4. The van der Waals surface area contributed by atoms with Crippen LogP contribution in [-0.4, -0.2) is 33.8 Å². The molecule has 3 rings (SSSR count). The molecule has 0 spiro atoms. The van der Waals surface area contributed by atoms with Gasteiger partial charge >= 0.3 is 5.97 Å². The molecule has 0 radical (unpaired) electrons. The number of ether oxygens (including phenoxy) is 2. The van der Waals surface area contributed by atoms with Gasteiger partial charge in [-0.2, -0.15) is 0 Å². The summed E-state index contributed by atoms with van der Waals surface area (Å²) >= 11 is 0. The van der Waals surface area contributed by atoms with Crippen LogP contribution in [0.5, 0.6) is 5.88 Å². The number of aryl methyl sites for hydroxylation is 1. The first-order valence-corrected chi connectivity index (χ1v) is 7.97. The highest BCUT2D eigenvalue weighted by Gasteiger charge is 2.16. The van der Waals surface area contributed by atoms with E-state index in [1.807, 2.05) is 30.3 Å². The summed E-state index contributed by atoms with van der Waals surface area (Å²) < 4.78 is 15.5. The zero-order valence-corrected chi connectivity index (χ0v) is 14.4. The number of nitrogens with two attached hydrogens (primary N) is 1. The average Bonchev–Trinajstić information content (AvgIpc) is 3.06. The van der Waals surface area contributed by atoms with Crippen molar-refractivity contribution in [3.8, 4) is 17.1 Å². The fourth-order valence-electron chi connectivity index (χ4n) is 2.25. The standard InChI is InChI=1S/C18H16N4O5/c1-11-13(17(22-27-11)12-5-3-2-4-6-12)9-25-16-8-7-14(20-21-16)18(24)26-10-15(19)23/h2-8H,9-10H2,1H3,(H2,19,23). The van der Waals surface area contributed by atoms with Crippen LogP contribution >= 0.6 is 0 Å². The minimum absolute atomic E-state index is 0.0604. The van der Waals surface area contributed by atoms with Gasteiger partial charge in [-0.3, -0.25) is 4.79 Å². The van der Waals surface area contributed by atoms with Crippen LogP contribution in [0, 0.1) is 6.92 Å². The SMILES string of the molecule is Cc1onc(-c2ccccc2)c1COc1ccc(C(=O)OCC(N)=O)nn1. The molecule has 2 aromatic heterocycles. The molecule has 0 aliphatic rings. The van der Waals surface area contributed by atoms with Crippen LogP contribution in [0.25, 0.3) is 11.3 Å². The summed E-state index contributed by atoms with van der Waals surface area (Å²) in [6, 6.07) is 12.4. The van der Waals surface area contributed by atoms with Crippen LogP contribution in [0.2, 0.25) is 0 Å². The molecule has 3 aromatic rings. The molecular weight excluding hydrogens is 352 g/mol. The quantitative estimate of drug-likeness (QED) is 0.623. The number of nitrogens with zero attached hydrogens (tertiary/aromatic N) is 3. The van der Waals surface area contributed by atoms with Gasteiger partial charge in [-0.15, -0.1) is 10.2 Å². The van der Waals surface area contributed by atoms with E-state index in [0.717, 1.165) is 11.1 Å². The molecule has 9 nitrogen and oxygen atoms in total. The van der Waals surface area contributed by atoms with E-state index in [0.29, 0.717) is 11.5 Å². The number of carbonyl (C=O) groups is 2. The Hall–Kier alpha value is -3.75. The van der Waals surface area contributed by atoms with Gasteiger partial charge in [0.05, 0.1) is 5.56 Å². The molecule has 1 amide bonds. The van der Waals surface area contributed by atoms with Crippen LogP contribution in [0.3, 0.4) is 0 Å². The smallest absolute Gasteiger partial charge is 0.359 e. The summed E-state index contributed by atoms with van der Waals surface area (Å²) in [4.78, 5) is 22.3. The molecule has 2 N–H and O–H groups in total. The van der Waals surface area contributed by atoms with Crippen LogP contribution < -0.4 is 10.5 Å². The third-order valence-corrected chi connectivity index (χ3v) is 3.59. The van der Waals surface area contributed by atoms with E-state index in [4.69, 9.17) is 15.0 Å². The van der Waals surface area contributed by atoms with Gasteiger partial charge in [0, 0.05) is 11.6 Å². The van der Waals surface area contributed by atoms with Crippen LogP contribution in [0.4, 0.5) is 0 Å². The normalized spacial score (nSPS) is 10.4. The lowest BCUT2D eigenvalue weighted by Gasteiger charge is -2.06. The lowest BCUT2D eigenvalue weighted by atomic mass is 10.1. The second-order valence-electron chi connectivity index (χ2n) is 5.52. The Morgan fingerprint density at radius 2 is 1.89 bits per heavy atom. The van der Waals surface area contributed by atoms with E-state index < -0.39 is 18.5 Å². The van der Waals surface area contributed by atoms with Crippen molar-refractivity contribution in [2.75, 3.05) is 6.61 Å². The van der Waals surface area contributed by atoms with E-state index in [-0.39, 0.29) is 18.2 Å². The van der Waals surface area contributed by atoms with Crippen molar-refractivity contribution in [3.63, 3.8) is 0 Å². The Labute approximate surface area is 154 Å². The maximum absolute atomic E-state index is 11.7. The van der Waals surface area contributed by atoms with Gasteiger partial charge in [-0.1, -0.05) is 35.5 Å². The average molecular weight is 368 g/mol. The van der Waals surface area contributed by atoms with E-state index in [9.17, 15) is 9.59 Å². The molecule has 0 aliphatic heterocycles. The molecule has 27 heavy (non-hydrogen) atoms. The first kappa shape index (κ1) is 18.1. The van der Waals surface area contributed by atoms with Crippen LogP contribution in [0.1, 0.15) is 21.8 Å². The second kappa shape index (κ2) is 8.09. The molecule has 0 fully saturated rings. The monoisotopic (exact) mass is 368 g/mol. The fraction of sp³-hybridized carbons (Fsp3) is 0.167. The summed E-state index contributed by atoms with van der Waals surface area (Å²) in [5.74, 6) is -0.710. The maximum atomic E-state index is 11.7. The van der Waals surface area contributed by atoms with E-state index in [2.05, 4.69) is 20.1 Å². The Kier molecular flexibility index (Phi) is 5.41. The van der Waals surface area contributed by atoms with Crippen molar-refractivity contribution in [2.24, 2.45) is 5.73 Å². The second-order valence-corrected chi connectivity index (χ2v) is 5.52. The van der Waals surface area contributed by atoms with Gasteiger partial charge in [-0.25, -0.2) is 4.79 Å². The third kappa shape index (κ3) is 4.46. The summed E-state index contributed by atoms with van der Waals surface area (Å²) in [6.45, 7) is 1.44. The van der Waals surface area contributed by atoms with Crippen molar-refractivity contribution in [1.82, 2.24) is 15.4 Å². The van der Waals surface area contributed by atoms with Gasteiger partial charge in [0.1, 0.15) is 18.1 Å². The number of amides is 1. The maximum Gasteiger partial charge on any atom is 0.359 e. The summed E-state index contributed by atoms with van der Waals surface area (Å²) in [5.41, 5.74) is 7.23. The van der Waals surface area contributed by atoms with E-state index in [1.54, 1.807) is 6.92 Å². The summed E-state index contributed by atoms with van der Waals surface area (Å²) in [5, 5.41) is 11.6. The lowest BCUT2D eigenvalue weighted by molar-refractivity contribution is -0.121. The van der Waals surface area contributed by atoms with Crippen molar-refractivity contribution in [1.29, 1.82) is 0 Å². The highest BCUT2D eigenvalue weighted by molar-refractivity contribution is 5.89. The number of esters is 1. The number of rotatable bonds is 7. The van der Waals surface area contributed by atoms with E-state index >= 15 is 0 Å². The molecule has 2 heterocycles. The predicted molar refractivity (Wildman–Crippen MR) is 92.5 cm³/mol. The van der Waals surface area contributed by atoms with Gasteiger partial charge < -0.3 is 19.7 Å². The highest BCUT2D eigenvalue weighted by Crippen LogP contribution is 2.26. The third-order valence-electron chi connectivity index (χ3n) is 3.59. The Morgan fingerprint density at radius 3 is 2.56 bits per heavy atom. The Bertz CT molecular complexity index is 938. The van der Waals surface area contributed by atoms with Gasteiger partial charge in [0.2, 0.25) is 5.88 Å². The number of benzene rings is 1. The fourth-order valence-corrected chi connectivity index (χ4v) is 2.25. The molecule has 0 atom stereocenters. The predicted octanol–water partition coefficient (Wildman–Crippen LogP) is 1.66. The summed E-state index contributed by atoms with van der Waals surface area (Å²) in [6.07, 6.45) is 0. The molecule has 0 unspecified atom stereocenters. The first-order valence-electron chi connectivity index (χ1n) is 7.97. The highest BCUT2D eigenvalue weighted by atomic mass is 16.5. The zero-order chi connectivity index (χ0) is 19.2. The van der Waals surface area contributed by atoms with Crippen molar-refractivity contribution >= 4 is 11.9 Å². The largest absolute Gasteiger partial charge is 0.472 e. The van der Waals surface area contributed by atoms with Gasteiger partial charge in [0.15, 0.2) is 12.3 Å². The lowest BCUT2D eigenvalue weighted by Crippen LogP contribution is -2.21. The van der Waals surface area contributed by atoms with Crippen molar-refractivity contribution < 1.29 is 23.6 Å². The number of hydrogen-bond acceptors (Lipinski definition) is 8. The molecular formula is C18H16N4O5. The molecule has 138 valence electrons. The molecule has 0 saturated heterocycles. The molecule has 0 aliphatic carbocycles. The minimum Gasteiger partial charge on any atom is -0.472 e. The van der Waals surface area contributed by atoms with Crippen molar-refractivity contribution in [2.45, 2.75) is 13.5 Å². The Morgan fingerprint density at radius 1 is 1.11 bits per heavy atom. The Balaban J connectivity index is 1.67. The van der Waals surface area contributed by atoms with Crippen LogP contribution in [0.15, 0.2) is 47.0 Å². The number of hydrogen-bond donors (Lipinski definition) is 1. The minimum atomic E-state index is -0.797. The van der Waals surface area contributed by atoms with Gasteiger partial charge in [0.25, 0.3) is 5.91 Å². The van der Waals surface area contributed by atoms with Crippen LogP contribution in [-0.2, 0) is 16.1 Å². The van der Waals surface area contributed by atoms with Crippen molar-refractivity contribution in [3.05, 3.63) is 59.5 Å². The molecule has 9 heteroatoms. The number of carbonyl (C=O) groups excluding carboxylic acids is 2.